The first-order valence-corrected chi connectivity index (χ1v) is 8.20. The second kappa shape index (κ2) is 7.62. The predicted molar refractivity (Wildman–Crippen MR) is 102 cm³/mol. The Bertz CT molecular complexity index is 832. The second-order valence-corrected chi connectivity index (χ2v) is 5.98. The summed E-state index contributed by atoms with van der Waals surface area (Å²) in [6.45, 7) is 0.505. The Morgan fingerprint density at radius 1 is 0.880 bits per heavy atom. The van der Waals surface area contributed by atoms with Gasteiger partial charge in [0.25, 0.3) is 5.91 Å². The molecule has 0 bridgehead atoms. The van der Waals surface area contributed by atoms with Crippen LogP contribution in [0.5, 0.6) is 0 Å². The van der Waals surface area contributed by atoms with Crippen LogP contribution in [0, 0.1) is 0 Å². The Morgan fingerprint density at radius 3 is 2.16 bits per heavy atom. The van der Waals surface area contributed by atoms with E-state index in [1.54, 1.807) is 17.2 Å². The average molecular weight is 331 g/mol. The van der Waals surface area contributed by atoms with Crippen LogP contribution < -0.4 is 9.80 Å². The molecule has 25 heavy (non-hydrogen) atoms. The molecule has 4 heteroatoms. The summed E-state index contributed by atoms with van der Waals surface area (Å²) in [6, 6.07) is 23.4. The van der Waals surface area contributed by atoms with E-state index in [9.17, 15) is 4.79 Å². The molecule has 0 radical (unpaired) electrons. The number of hydrogen-bond acceptors (Lipinski definition) is 3. The normalized spacial score (nSPS) is 10.3. The molecule has 0 fully saturated rings. The molecule has 1 amide bonds. The molecule has 0 unspecified atom stereocenters. The largest absolute Gasteiger partial charge is 0.362 e. The molecule has 0 N–H and O–H groups in total. The van der Waals surface area contributed by atoms with Crippen molar-refractivity contribution in [3.63, 3.8) is 0 Å². The summed E-state index contributed by atoms with van der Waals surface area (Å²) in [5, 5.41) is 0. The Balaban J connectivity index is 2.01. The number of aromatic nitrogens is 1. The zero-order valence-electron chi connectivity index (χ0n) is 14.5. The number of amides is 1. The monoisotopic (exact) mass is 331 g/mol. The van der Waals surface area contributed by atoms with E-state index in [0.29, 0.717) is 17.9 Å². The fraction of sp³-hybridized carbons (Fsp3) is 0.143. The number of hydrogen-bond donors (Lipinski definition) is 0. The molecule has 1 aromatic heterocycles. The van der Waals surface area contributed by atoms with Crippen molar-refractivity contribution in [1.29, 1.82) is 0 Å². The second-order valence-electron chi connectivity index (χ2n) is 5.98. The van der Waals surface area contributed by atoms with Crippen LogP contribution in [-0.2, 0) is 6.54 Å². The summed E-state index contributed by atoms with van der Waals surface area (Å²) in [5.74, 6) is 0.605. The number of carbonyl (C=O) groups is 1. The topological polar surface area (TPSA) is 36.4 Å². The quantitative estimate of drug-likeness (QED) is 0.709. The van der Waals surface area contributed by atoms with Gasteiger partial charge in [-0.05, 0) is 29.8 Å². The zero-order chi connectivity index (χ0) is 17.6. The number of benzene rings is 2. The third-order valence-corrected chi connectivity index (χ3v) is 3.94. The molecule has 3 aromatic rings. The number of nitrogens with zero attached hydrogens (tertiary/aromatic N) is 3. The minimum atomic E-state index is -0.0631. The fourth-order valence-electron chi connectivity index (χ4n) is 2.72. The highest BCUT2D eigenvalue weighted by Crippen LogP contribution is 2.23. The molecule has 3 rings (SSSR count). The third kappa shape index (κ3) is 3.86. The van der Waals surface area contributed by atoms with Crippen molar-refractivity contribution in [2.45, 2.75) is 6.54 Å². The van der Waals surface area contributed by atoms with Gasteiger partial charge in [0.1, 0.15) is 5.82 Å². The molecule has 1 heterocycles. The Morgan fingerprint density at radius 2 is 1.52 bits per heavy atom. The summed E-state index contributed by atoms with van der Waals surface area (Å²) >= 11 is 0. The van der Waals surface area contributed by atoms with Crippen molar-refractivity contribution in [3.8, 4) is 0 Å². The van der Waals surface area contributed by atoms with Gasteiger partial charge < -0.3 is 9.80 Å². The lowest BCUT2D eigenvalue weighted by Gasteiger charge is -2.25. The highest BCUT2D eigenvalue weighted by atomic mass is 16.2. The van der Waals surface area contributed by atoms with Gasteiger partial charge in [0.05, 0.1) is 12.1 Å². The molecule has 4 nitrogen and oxygen atoms in total. The minimum absolute atomic E-state index is 0.0631. The maximum atomic E-state index is 13.3. The third-order valence-electron chi connectivity index (χ3n) is 3.94. The SMILES string of the molecule is CN(C)c1ncccc1C(=O)N(Cc1ccccc1)c1ccccc1. The Hall–Kier alpha value is -3.14. The average Bonchev–Trinajstić information content (AvgIpc) is 2.67. The van der Waals surface area contributed by atoms with E-state index in [4.69, 9.17) is 0 Å². The number of para-hydroxylation sites is 1. The van der Waals surface area contributed by atoms with Crippen molar-refractivity contribution in [3.05, 3.63) is 90.1 Å². The summed E-state index contributed by atoms with van der Waals surface area (Å²) in [6.07, 6.45) is 1.70. The van der Waals surface area contributed by atoms with Crippen LogP contribution in [0.25, 0.3) is 0 Å². The lowest BCUT2D eigenvalue weighted by molar-refractivity contribution is 0.0985. The van der Waals surface area contributed by atoms with Crippen molar-refractivity contribution < 1.29 is 4.79 Å². The van der Waals surface area contributed by atoms with Gasteiger partial charge in [0.15, 0.2) is 0 Å². The van der Waals surface area contributed by atoms with E-state index in [2.05, 4.69) is 4.98 Å². The Kier molecular flexibility index (Phi) is 5.09. The molecule has 2 aromatic carbocycles. The van der Waals surface area contributed by atoms with Gasteiger partial charge in [-0.1, -0.05) is 48.5 Å². The van der Waals surface area contributed by atoms with Gasteiger partial charge in [0.2, 0.25) is 0 Å². The standard InChI is InChI=1S/C21H21N3O/c1-23(2)20-19(14-9-15-22-20)21(25)24(18-12-7-4-8-13-18)16-17-10-5-3-6-11-17/h3-15H,16H2,1-2H3. The number of carbonyl (C=O) groups excluding carboxylic acids is 1. The molecule has 0 spiro atoms. The molecule has 0 aliphatic rings. The van der Waals surface area contributed by atoms with Crippen LogP contribution >= 0.6 is 0 Å². The van der Waals surface area contributed by atoms with Gasteiger partial charge in [-0.2, -0.15) is 0 Å². The summed E-state index contributed by atoms with van der Waals surface area (Å²) in [7, 11) is 3.78. The highest BCUT2D eigenvalue weighted by Gasteiger charge is 2.22. The summed E-state index contributed by atoms with van der Waals surface area (Å²) in [4.78, 5) is 21.3. The zero-order valence-corrected chi connectivity index (χ0v) is 14.5. The van der Waals surface area contributed by atoms with Crippen LogP contribution in [-0.4, -0.2) is 25.0 Å². The summed E-state index contributed by atoms with van der Waals surface area (Å²) in [5.41, 5.74) is 2.53. The molecule has 126 valence electrons. The lowest BCUT2D eigenvalue weighted by atomic mass is 10.1. The van der Waals surface area contributed by atoms with Crippen LogP contribution in [0.2, 0.25) is 0 Å². The van der Waals surface area contributed by atoms with Gasteiger partial charge in [0, 0.05) is 26.0 Å². The molecule has 0 aliphatic carbocycles. The minimum Gasteiger partial charge on any atom is -0.362 e. The van der Waals surface area contributed by atoms with Gasteiger partial charge in [-0.25, -0.2) is 4.98 Å². The van der Waals surface area contributed by atoms with E-state index in [0.717, 1.165) is 11.3 Å². The van der Waals surface area contributed by atoms with Crippen LogP contribution in [0.4, 0.5) is 11.5 Å². The number of anilines is 2. The van der Waals surface area contributed by atoms with Gasteiger partial charge in [-0.15, -0.1) is 0 Å². The fourth-order valence-corrected chi connectivity index (χ4v) is 2.72. The summed E-state index contributed by atoms with van der Waals surface area (Å²) < 4.78 is 0. The van der Waals surface area contributed by atoms with Crippen molar-refractivity contribution in [2.24, 2.45) is 0 Å². The first-order valence-electron chi connectivity index (χ1n) is 8.20. The van der Waals surface area contributed by atoms with Crippen molar-refractivity contribution >= 4 is 17.4 Å². The maximum absolute atomic E-state index is 13.3. The number of pyridine rings is 1. The van der Waals surface area contributed by atoms with E-state index in [1.165, 1.54) is 0 Å². The highest BCUT2D eigenvalue weighted by molar-refractivity contribution is 6.09. The molecule has 0 saturated carbocycles. The first kappa shape index (κ1) is 16.7. The predicted octanol–water partition coefficient (Wildman–Crippen LogP) is 3.99. The molecule has 0 saturated heterocycles. The maximum Gasteiger partial charge on any atom is 0.262 e. The van der Waals surface area contributed by atoms with Crippen molar-refractivity contribution in [2.75, 3.05) is 23.9 Å². The molecular weight excluding hydrogens is 310 g/mol. The van der Waals surface area contributed by atoms with Crippen LogP contribution in [0.1, 0.15) is 15.9 Å². The van der Waals surface area contributed by atoms with E-state index in [1.807, 2.05) is 85.7 Å². The number of rotatable bonds is 5. The van der Waals surface area contributed by atoms with E-state index < -0.39 is 0 Å². The van der Waals surface area contributed by atoms with E-state index >= 15 is 0 Å². The van der Waals surface area contributed by atoms with E-state index in [-0.39, 0.29) is 5.91 Å². The Labute approximate surface area is 148 Å². The van der Waals surface area contributed by atoms with Crippen LogP contribution in [0.15, 0.2) is 79.0 Å². The van der Waals surface area contributed by atoms with Gasteiger partial charge in [-0.3, -0.25) is 4.79 Å². The van der Waals surface area contributed by atoms with Crippen molar-refractivity contribution in [1.82, 2.24) is 4.98 Å². The lowest BCUT2D eigenvalue weighted by Crippen LogP contribution is -2.32. The van der Waals surface area contributed by atoms with Gasteiger partial charge >= 0.3 is 0 Å². The first-order chi connectivity index (χ1) is 12.2. The molecule has 0 atom stereocenters. The van der Waals surface area contributed by atoms with Crippen LogP contribution in [0.3, 0.4) is 0 Å². The smallest absolute Gasteiger partial charge is 0.262 e. The molecular formula is C21H21N3O. The molecule has 0 aliphatic heterocycles.